The van der Waals surface area contributed by atoms with Crippen LogP contribution in [0.4, 0.5) is 13.2 Å². The third-order valence-corrected chi connectivity index (χ3v) is 7.03. The molecule has 0 amide bonds. The highest BCUT2D eigenvalue weighted by Crippen LogP contribution is 2.40. The largest absolute Gasteiger partial charge is 0.493 e. The number of hydrogen-bond donors (Lipinski definition) is 1. The van der Waals surface area contributed by atoms with Crippen molar-refractivity contribution in [1.82, 2.24) is 14.9 Å². The topological polar surface area (TPSA) is 41.1 Å². The van der Waals surface area contributed by atoms with E-state index >= 15 is 0 Å². The summed E-state index contributed by atoms with van der Waals surface area (Å²) in [6.45, 7) is 2.94. The van der Waals surface area contributed by atoms with Gasteiger partial charge in [-0.25, -0.2) is 4.98 Å². The molecule has 3 aromatic carbocycles. The number of ether oxygens (including phenoxy) is 1. The van der Waals surface area contributed by atoms with E-state index in [1.807, 2.05) is 30.3 Å². The SMILES string of the molecule is CN1CCC(CCCOc2ccc(-c3nc(-c4ccccc4)c(C(F)(F)F)[nH]3)c3ccccc23)CC1. The Morgan fingerprint density at radius 2 is 1.64 bits per heavy atom. The summed E-state index contributed by atoms with van der Waals surface area (Å²) >= 11 is 0. The number of piperidine rings is 1. The maximum absolute atomic E-state index is 13.9. The zero-order chi connectivity index (χ0) is 25.1. The maximum atomic E-state index is 13.9. The molecular weight excluding hydrogens is 463 g/mol. The number of rotatable bonds is 7. The molecule has 0 unspecified atom stereocenters. The van der Waals surface area contributed by atoms with Crippen LogP contribution in [0.1, 0.15) is 31.4 Å². The minimum absolute atomic E-state index is 0.101. The van der Waals surface area contributed by atoms with Crippen molar-refractivity contribution in [1.29, 1.82) is 0 Å². The number of fused-ring (bicyclic) bond motifs is 1. The summed E-state index contributed by atoms with van der Waals surface area (Å²) in [5, 5.41) is 1.66. The molecule has 4 aromatic rings. The lowest BCUT2D eigenvalue weighted by Gasteiger charge is -2.28. The second-order valence-corrected chi connectivity index (χ2v) is 9.57. The normalized spacial score (nSPS) is 15.4. The molecule has 0 radical (unpaired) electrons. The average Bonchev–Trinajstić information content (AvgIpc) is 3.34. The third-order valence-electron chi connectivity index (χ3n) is 7.03. The van der Waals surface area contributed by atoms with Gasteiger partial charge in [-0.1, -0.05) is 54.6 Å². The number of H-pyrrole nitrogens is 1. The van der Waals surface area contributed by atoms with Gasteiger partial charge in [-0.3, -0.25) is 0 Å². The van der Waals surface area contributed by atoms with Crippen LogP contribution in [0.25, 0.3) is 33.4 Å². The van der Waals surface area contributed by atoms with E-state index in [0.29, 0.717) is 17.7 Å². The van der Waals surface area contributed by atoms with Crippen LogP contribution in [-0.2, 0) is 6.18 Å². The molecule has 5 rings (SSSR count). The van der Waals surface area contributed by atoms with Crippen LogP contribution >= 0.6 is 0 Å². The lowest BCUT2D eigenvalue weighted by Crippen LogP contribution is -2.30. The fourth-order valence-corrected chi connectivity index (χ4v) is 5.02. The van der Waals surface area contributed by atoms with Gasteiger partial charge in [0.25, 0.3) is 0 Å². The summed E-state index contributed by atoms with van der Waals surface area (Å²) in [5.41, 5.74) is 0.0802. The highest BCUT2D eigenvalue weighted by Gasteiger charge is 2.37. The second kappa shape index (κ2) is 10.3. The van der Waals surface area contributed by atoms with E-state index in [1.54, 1.807) is 36.4 Å². The fraction of sp³-hybridized carbons (Fsp3) is 0.345. The fourth-order valence-electron chi connectivity index (χ4n) is 5.02. The van der Waals surface area contributed by atoms with Crippen LogP contribution in [0.2, 0.25) is 0 Å². The van der Waals surface area contributed by atoms with Gasteiger partial charge in [0, 0.05) is 16.5 Å². The van der Waals surface area contributed by atoms with Crippen molar-refractivity contribution in [3.63, 3.8) is 0 Å². The molecule has 1 aliphatic rings. The van der Waals surface area contributed by atoms with Gasteiger partial charge in [-0.15, -0.1) is 0 Å². The minimum atomic E-state index is -4.55. The van der Waals surface area contributed by atoms with E-state index in [0.717, 1.165) is 48.4 Å². The van der Waals surface area contributed by atoms with E-state index in [1.165, 1.54) is 12.8 Å². The number of hydrogen-bond acceptors (Lipinski definition) is 3. The Labute approximate surface area is 209 Å². The standard InChI is InChI=1S/C29H30F3N3O/c1-35-17-15-20(16-18-35)8-7-19-36-25-14-13-24(22-11-5-6-12-23(22)25)28-33-26(21-9-3-2-4-10-21)27(34-28)29(30,31)32/h2-6,9-14,20H,7-8,15-19H2,1H3,(H,33,34). The molecule has 1 saturated heterocycles. The predicted octanol–water partition coefficient (Wildman–Crippen LogP) is 7.42. The third kappa shape index (κ3) is 5.26. The average molecular weight is 494 g/mol. The predicted molar refractivity (Wildman–Crippen MR) is 137 cm³/mol. The van der Waals surface area contributed by atoms with Crippen molar-refractivity contribution in [3.8, 4) is 28.4 Å². The van der Waals surface area contributed by atoms with E-state index in [2.05, 4.69) is 21.9 Å². The number of benzene rings is 3. The van der Waals surface area contributed by atoms with Crippen LogP contribution < -0.4 is 4.74 Å². The van der Waals surface area contributed by atoms with Gasteiger partial charge in [0.15, 0.2) is 0 Å². The smallest absolute Gasteiger partial charge is 0.433 e. The van der Waals surface area contributed by atoms with Gasteiger partial charge < -0.3 is 14.6 Å². The molecule has 36 heavy (non-hydrogen) atoms. The first-order valence-electron chi connectivity index (χ1n) is 12.5. The van der Waals surface area contributed by atoms with Crippen molar-refractivity contribution in [2.75, 3.05) is 26.7 Å². The zero-order valence-corrected chi connectivity index (χ0v) is 20.3. The van der Waals surface area contributed by atoms with E-state index in [9.17, 15) is 13.2 Å². The van der Waals surface area contributed by atoms with Gasteiger partial charge in [0.2, 0.25) is 0 Å². The van der Waals surface area contributed by atoms with Crippen molar-refractivity contribution in [2.24, 2.45) is 5.92 Å². The van der Waals surface area contributed by atoms with Crippen molar-refractivity contribution in [2.45, 2.75) is 31.9 Å². The molecule has 0 atom stereocenters. The summed E-state index contributed by atoms with van der Waals surface area (Å²) in [4.78, 5) is 9.34. The number of nitrogens with zero attached hydrogens (tertiary/aromatic N) is 2. The lowest BCUT2D eigenvalue weighted by molar-refractivity contribution is -0.140. The first kappa shape index (κ1) is 24.4. The molecule has 188 valence electrons. The summed E-state index contributed by atoms with van der Waals surface area (Å²) < 4.78 is 47.8. The molecule has 1 aromatic heterocycles. The molecule has 0 spiro atoms. The number of halogens is 3. The first-order chi connectivity index (χ1) is 17.4. The van der Waals surface area contributed by atoms with Gasteiger partial charge in [-0.2, -0.15) is 13.2 Å². The van der Waals surface area contributed by atoms with Gasteiger partial charge in [0.1, 0.15) is 23.0 Å². The lowest BCUT2D eigenvalue weighted by atomic mass is 9.93. The number of likely N-dealkylation sites (tertiary alicyclic amines) is 1. The molecule has 7 heteroatoms. The first-order valence-corrected chi connectivity index (χ1v) is 12.5. The number of imidazole rings is 1. The summed E-state index contributed by atoms with van der Waals surface area (Å²) in [6.07, 6.45) is 0.0596. The van der Waals surface area contributed by atoms with Gasteiger partial charge in [-0.05, 0) is 69.3 Å². The van der Waals surface area contributed by atoms with E-state index in [-0.39, 0.29) is 11.5 Å². The monoisotopic (exact) mass is 493 g/mol. The van der Waals surface area contributed by atoms with Crippen LogP contribution in [0, 0.1) is 5.92 Å². The molecule has 1 aliphatic heterocycles. The number of nitrogens with one attached hydrogen (secondary N) is 1. The Morgan fingerprint density at radius 3 is 2.36 bits per heavy atom. The van der Waals surface area contributed by atoms with Gasteiger partial charge in [0.05, 0.1) is 6.61 Å². The molecule has 0 bridgehead atoms. The number of alkyl halides is 3. The Balaban J connectivity index is 1.40. The second-order valence-electron chi connectivity index (χ2n) is 9.57. The molecule has 2 heterocycles. The van der Waals surface area contributed by atoms with Crippen molar-refractivity contribution < 1.29 is 17.9 Å². The van der Waals surface area contributed by atoms with E-state index in [4.69, 9.17) is 4.74 Å². The minimum Gasteiger partial charge on any atom is -0.493 e. The van der Waals surface area contributed by atoms with Gasteiger partial charge >= 0.3 is 6.18 Å². The highest BCUT2D eigenvalue weighted by atomic mass is 19.4. The highest BCUT2D eigenvalue weighted by molar-refractivity contribution is 5.99. The van der Waals surface area contributed by atoms with Crippen LogP contribution in [0.15, 0.2) is 66.7 Å². The van der Waals surface area contributed by atoms with Crippen LogP contribution in [0.5, 0.6) is 5.75 Å². The Morgan fingerprint density at radius 1 is 0.944 bits per heavy atom. The summed E-state index contributed by atoms with van der Waals surface area (Å²) in [7, 11) is 2.17. The Hall–Kier alpha value is -3.32. The van der Waals surface area contributed by atoms with E-state index < -0.39 is 11.9 Å². The van der Waals surface area contributed by atoms with Crippen LogP contribution in [0.3, 0.4) is 0 Å². The quantitative estimate of drug-likeness (QED) is 0.273. The summed E-state index contributed by atoms with van der Waals surface area (Å²) in [6, 6.07) is 19.7. The summed E-state index contributed by atoms with van der Waals surface area (Å²) in [5.74, 6) is 1.68. The molecular formula is C29H30F3N3O. The van der Waals surface area contributed by atoms with Crippen molar-refractivity contribution in [3.05, 3.63) is 72.4 Å². The molecule has 1 fully saturated rings. The Bertz CT molecular complexity index is 1310. The zero-order valence-electron chi connectivity index (χ0n) is 20.3. The number of aromatic nitrogens is 2. The Kier molecular flexibility index (Phi) is 7.01. The molecule has 1 N–H and O–H groups in total. The maximum Gasteiger partial charge on any atom is 0.433 e. The van der Waals surface area contributed by atoms with Crippen molar-refractivity contribution >= 4 is 10.8 Å². The molecule has 4 nitrogen and oxygen atoms in total. The number of aromatic amines is 1. The molecule has 0 aliphatic carbocycles. The molecule has 0 saturated carbocycles. The van der Waals surface area contributed by atoms with Crippen LogP contribution in [-0.4, -0.2) is 41.6 Å².